The lowest BCUT2D eigenvalue weighted by Crippen LogP contribution is -2.36. The summed E-state index contributed by atoms with van der Waals surface area (Å²) in [5, 5.41) is 10.2. The first-order valence-corrected chi connectivity index (χ1v) is 10.1. The van der Waals surface area contributed by atoms with Gasteiger partial charge >= 0.3 is 6.09 Å². The molecule has 0 aliphatic carbocycles. The van der Waals surface area contributed by atoms with Crippen LogP contribution in [0.3, 0.4) is 0 Å². The molecule has 0 bridgehead atoms. The van der Waals surface area contributed by atoms with E-state index in [9.17, 15) is 4.79 Å². The lowest BCUT2D eigenvalue weighted by molar-refractivity contribution is 0.0491. The van der Waals surface area contributed by atoms with Crippen LogP contribution >= 0.6 is 0 Å². The predicted molar refractivity (Wildman–Crippen MR) is 116 cm³/mol. The number of carbonyl (C=O) groups is 1. The van der Waals surface area contributed by atoms with Crippen LogP contribution in [0.1, 0.15) is 38.8 Å². The number of rotatable bonds is 4. The molecule has 1 atom stereocenters. The predicted octanol–water partition coefficient (Wildman–Crippen LogP) is 3.97. The molecule has 2 N–H and O–H groups in total. The van der Waals surface area contributed by atoms with E-state index in [1.165, 1.54) is 0 Å². The van der Waals surface area contributed by atoms with Crippen molar-refractivity contribution in [2.24, 2.45) is 7.05 Å². The second-order valence-electron chi connectivity index (χ2n) is 8.38. The molecule has 1 aromatic carbocycles. The van der Waals surface area contributed by atoms with Gasteiger partial charge in [0.25, 0.3) is 0 Å². The molecule has 1 unspecified atom stereocenters. The first kappa shape index (κ1) is 20.6. The number of carbonyl (C=O) groups excluding carboxylic acids is 1. The highest BCUT2D eigenvalue weighted by molar-refractivity contribution is 5.70. The molecule has 3 aromatic rings. The Labute approximate surface area is 180 Å². The van der Waals surface area contributed by atoms with E-state index in [1.54, 1.807) is 17.1 Å². The van der Waals surface area contributed by atoms with Crippen molar-refractivity contribution in [1.29, 1.82) is 0 Å². The lowest BCUT2D eigenvalue weighted by atomic mass is 9.98. The SMILES string of the molecule is Cn1cc(Nc2nccc(-c3ccc4c(c3)OCCC4NC(=O)OC(C)(C)C)n2)cn1. The average molecular weight is 422 g/mol. The van der Waals surface area contributed by atoms with Crippen molar-refractivity contribution >= 4 is 17.7 Å². The molecular formula is C22H26N6O3. The quantitative estimate of drug-likeness (QED) is 0.656. The van der Waals surface area contributed by atoms with Crippen molar-refractivity contribution in [3.63, 3.8) is 0 Å². The highest BCUT2D eigenvalue weighted by Crippen LogP contribution is 2.35. The van der Waals surface area contributed by atoms with Crippen LogP contribution in [0.4, 0.5) is 16.4 Å². The van der Waals surface area contributed by atoms with Crippen LogP contribution in [-0.2, 0) is 11.8 Å². The second-order valence-corrected chi connectivity index (χ2v) is 8.38. The van der Waals surface area contributed by atoms with Crippen molar-refractivity contribution in [2.45, 2.75) is 38.8 Å². The maximum Gasteiger partial charge on any atom is 0.408 e. The van der Waals surface area contributed by atoms with Crippen LogP contribution in [-0.4, -0.2) is 38.0 Å². The van der Waals surface area contributed by atoms with Gasteiger partial charge in [-0.05, 0) is 32.9 Å². The number of nitrogens with zero attached hydrogens (tertiary/aromatic N) is 4. The van der Waals surface area contributed by atoms with Crippen molar-refractivity contribution in [3.05, 3.63) is 48.4 Å². The van der Waals surface area contributed by atoms with Gasteiger partial charge in [-0.3, -0.25) is 4.68 Å². The molecule has 3 heterocycles. The molecule has 0 spiro atoms. The molecular weight excluding hydrogens is 396 g/mol. The summed E-state index contributed by atoms with van der Waals surface area (Å²) in [7, 11) is 1.85. The molecule has 1 amide bonds. The van der Waals surface area contributed by atoms with E-state index in [-0.39, 0.29) is 6.04 Å². The second kappa shape index (κ2) is 8.25. The van der Waals surface area contributed by atoms with Crippen molar-refractivity contribution in [1.82, 2.24) is 25.1 Å². The fourth-order valence-electron chi connectivity index (χ4n) is 3.34. The number of hydrogen-bond acceptors (Lipinski definition) is 7. The molecule has 0 fully saturated rings. The third-order valence-electron chi connectivity index (χ3n) is 4.66. The van der Waals surface area contributed by atoms with Gasteiger partial charge in [0, 0.05) is 37.0 Å². The highest BCUT2D eigenvalue weighted by atomic mass is 16.6. The average Bonchev–Trinajstić information content (AvgIpc) is 3.11. The van der Waals surface area contributed by atoms with Crippen molar-refractivity contribution in [3.8, 4) is 17.0 Å². The zero-order valence-electron chi connectivity index (χ0n) is 18.0. The molecule has 0 saturated heterocycles. The number of alkyl carbamates (subject to hydrolysis) is 1. The minimum absolute atomic E-state index is 0.166. The fourth-order valence-corrected chi connectivity index (χ4v) is 3.34. The van der Waals surface area contributed by atoms with Crippen LogP contribution in [0.5, 0.6) is 5.75 Å². The number of aromatic nitrogens is 4. The summed E-state index contributed by atoms with van der Waals surface area (Å²) < 4.78 is 13.0. The first-order valence-electron chi connectivity index (χ1n) is 10.1. The number of ether oxygens (including phenoxy) is 2. The standard InChI is InChI=1S/C22H26N6O3/c1-22(2,3)31-21(29)27-18-8-10-30-19-11-14(5-6-16(18)19)17-7-9-23-20(26-17)25-15-12-24-28(4)13-15/h5-7,9,11-13,18H,8,10H2,1-4H3,(H,27,29)(H,23,25,26). The van der Waals surface area contributed by atoms with Gasteiger partial charge in [0.2, 0.25) is 5.95 Å². The lowest BCUT2D eigenvalue weighted by Gasteiger charge is -2.28. The monoisotopic (exact) mass is 422 g/mol. The van der Waals surface area contributed by atoms with Crippen LogP contribution in [0.25, 0.3) is 11.3 Å². The third kappa shape index (κ3) is 5.11. The summed E-state index contributed by atoms with van der Waals surface area (Å²) in [6.07, 6.45) is 5.50. The molecule has 31 heavy (non-hydrogen) atoms. The Morgan fingerprint density at radius 1 is 1.29 bits per heavy atom. The van der Waals surface area contributed by atoms with Crippen LogP contribution in [0.2, 0.25) is 0 Å². The van der Waals surface area contributed by atoms with E-state index in [1.807, 2.05) is 58.3 Å². The number of aryl methyl sites for hydroxylation is 1. The number of nitrogens with one attached hydrogen (secondary N) is 2. The van der Waals surface area contributed by atoms with Crippen LogP contribution in [0.15, 0.2) is 42.9 Å². The smallest absolute Gasteiger partial charge is 0.408 e. The normalized spacial score (nSPS) is 15.5. The Kier molecular flexibility index (Phi) is 5.50. The zero-order valence-corrected chi connectivity index (χ0v) is 18.0. The Hall–Kier alpha value is -3.62. The van der Waals surface area contributed by atoms with E-state index in [2.05, 4.69) is 25.7 Å². The van der Waals surface area contributed by atoms with E-state index in [4.69, 9.17) is 9.47 Å². The summed E-state index contributed by atoms with van der Waals surface area (Å²) in [5.74, 6) is 1.21. The van der Waals surface area contributed by atoms with E-state index < -0.39 is 11.7 Å². The van der Waals surface area contributed by atoms with E-state index >= 15 is 0 Å². The largest absolute Gasteiger partial charge is 0.493 e. The molecule has 9 nitrogen and oxygen atoms in total. The van der Waals surface area contributed by atoms with Gasteiger partial charge < -0.3 is 20.1 Å². The number of anilines is 2. The van der Waals surface area contributed by atoms with Gasteiger partial charge in [0.15, 0.2) is 0 Å². The maximum absolute atomic E-state index is 12.2. The van der Waals surface area contributed by atoms with Crippen LogP contribution in [0, 0.1) is 0 Å². The molecule has 1 aliphatic rings. The Morgan fingerprint density at radius 2 is 2.13 bits per heavy atom. The topological polar surface area (TPSA) is 103 Å². The van der Waals surface area contributed by atoms with Gasteiger partial charge in [-0.1, -0.05) is 12.1 Å². The Morgan fingerprint density at radius 3 is 2.87 bits per heavy atom. The number of fused-ring (bicyclic) bond motifs is 1. The summed E-state index contributed by atoms with van der Waals surface area (Å²) >= 11 is 0. The summed E-state index contributed by atoms with van der Waals surface area (Å²) in [6.45, 7) is 6.04. The van der Waals surface area contributed by atoms with Gasteiger partial charge in [0.05, 0.1) is 30.2 Å². The third-order valence-corrected chi connectivity index (χ3v) is 4.66. The minimum atomic E-state index is -0.545. The Bertz CT molecular complexity index is 1090. The van der Waals surface area contributed by atoms with Gasteiger partial charge in [-0.25, -0.2) is 14.8 Å². The summed E-state index contributed by atoms with van der Waals surface area (Å²) in [4.78, 5) is 21.1. The molecule has 1 aliphatic heterocycles. The number of amides is 1. The molecule has 9 heteroatoms. The maximum atomic E-state index is 12.2. The van der Waals surface area contributed by atoms with Crippen molar-refractivity contribution < 1.29 is 14.3 Å². The van der Waals surface area contributed by atoms with E-state index in [0.717, 1.165) is 28.3 Å². The molecule has 0 saturated carbocycles. The van der Waals surface area contributed by atoms with Gasteiger partial charge in [0.1, 0.15) is 11.4 Å². The summed E-state index contributed by atoms with van der Waals surface area (Å²) in [6, 6.07) is 7.54. The number of hydrogen-bond donors (Lipinski definition) is 2. The van der Waals surface area contributed by atoms with Crippen LogP contribution < -0.4 is 15.4 Å². The molecule has 4 rings (SSSR count). The Balaban J connectivity index is 1.53. The molecule has 0 radical (unpaired) electrons. The number of benzene rings is 1. The highest BCUT2D eigenvalue weighted by Gasteiger charge is 2.26. The minimum Gasteiger partial charge on any atom is -0.493 e. The zero-order chi connectivity index (χ0) is 22.0. The first-order chi connectivity index (χ1) is 14.8. The molecule has 2 aromatic heterocycles. The van der Waals surface area contributed by atoms with E-state index in [0.29, 0.717) is 19.0 Å². The molecule has 162 valence electrons. The van der Waals surface area contributed by atoms with Gasteiger partial charge in [-0.2, -0.15) is 5.10 Å². The fraction of sp³-hybridized carbons (Fsp3) is 0.364. The van der Waals surface area contributed by atoms with Gasteiger partial charge in [-0.15, -0.1) is 0 Å². The van der Waals surface area contributed by atoms with Crippen molar-refractivity contribution in [2.75, 3.05) is 11.9 Å². The summed E-state index contributed by atoms with van der Waals surface area (Å²) in [5.41, 5.74) is 2.84.